The van der Waals surface area contributed by atoms with Crippen molar-refractivity contribution in [3.8, 4) is 11.1 Å². The fraction of sp³-hybridized carbons (Fsp3) is 0.562. The van der Waals surface area contributed by atoms with Crippen LogP contribution in [-0.4, -0.2) is 78.9 Å². The normalized spacial score (nSPS) is 20.1. The Morgan fingerprint density at radius 3 is 2.62 bits per heavy atom. The van der Waals surface area contributed by atoms with E-state index in [-0.39, 0.29) is 18.1 Å². The van der Waals surface area contributed by atoms with Gasteiger partial charge in [0.1, 0.15) is 6.04 Å². The van der Waals surface area contributed by atoms with E-state index < -0.39 is 12.0 Å². The van der Waals surface area contributed by atoms with Crippen molar-refractivity contribution in [2.45, 2.75) is 70.2 Å². The molecule has 4 rings (SSSR count). The molecule has 1 unspecified atom stereocenters. The maximum Gasteiger partial charge on any atom is 0.326 e. The summed E-state index contributed by atoms with van der Waals surface area (Å²) < 4.78 is 12.1. The molecule has 3 atom stereocenters. The quantitative estimate of drug-likeness (QED) is 0.355. The van der Waals surface area contributed by atoms with Gasteiger partial charge in [-0.25, -0.2) is 4.79 Å². The third-order valence-corrected chi connectivity index (χ3v) is 9.05. The largest absolute Gasteiger partial charge is 0.480 e. The molecule has 0 spiro atoms. The number of aryl methyl sites for hydroxylation is 1. The number of aliphatic carboxylic acids is 1. The van der Waals surface area contributed by atoms with Gasteiger partial charge in [-0.05, 0) is 78.5 Å². The van der Waals surface area contributed by atoms with Crippen molar-refractivity contribution in [3.05, 3.63) is 59.2 Å². The minimum absolute atomic E-state index is 0.135. The molecule has 2 aromatic carbocycles. The van der Waals surface area contributed by atoms with Crippen LogP contribution in [0.3, 0.4) is 0 Å². The molecule has 1 saturated carbocycles. The molecule has 0 aromatic heterocycles. The minimum Gasteiger partial charge on any atom is -0.480 e. The third kappa shape index (κ3) is 7.66. The van der Waals surface area contributed by atoms with Crippen molar-refractivity contribution >= 4 is 23.6 Å². The zero-order valence-corrected chi connectivity index (χ0v) is 24.9. The molecule has 1 amide bonds. The molecule has 1 heterocycles. The number of carbonyl (C=O) groups is 2. The molecule has 2 N–H and O–H groups in total. The van der Waals surface area contributed by atoms with Crippen LogP contribution >= 0.6 is 11.8 Å². The van der Waals surface area contributed by atoms with Crippen LogP contribution in [0.15, 0.2) is 42.5 Å². The summed E-state index contributed by atoms with van der Waals surface area (Å²) >= 11 is 1.57. The Morgan fingerprint density at radius 2 is 1.93 bits per heavy atom. The first kappa shape index (κ1) is 30.6. The number of nitrogens with one attached hydrogen (secondary N) is 1. The van der Waals surface area contributed by atoms with Crippen molar-refractivity contribution in [2.24, 2.45) is 5.92 Å². The fourth-order valence-corrected chi connectivity index (χ4v) is 6.70. The summed E-state index contributed by atoms with van der Waals surface area (Å²) in [6.07, 6.45) is 8.69. The topological polar surface area (TPSA) is 88.1 Å². The summed E-state index contributed by atoms with van der Waals surface area (Å²) in [7, 11) is 1.83. The zero-order chi connectivity index (χ0) is 28.5. The molecule has 2 aliphatic rings. The van der Waals surface area contributed by atoms with Gasteiger partial charge < -0.3 is 19.9 Å². The van der Waals surface area contributed by atoms with Crippen molar-refractivity contribution in [1.29, 1.82) is 0 Å². The Hall–Kier alpha value is -2.39. The number of hydrogen-bond donors (Lipinski definition) is 2. The van der Waals surface area contributed by atoms with Crippen molar-refractivity contribution in [3.63, 3.8) is 0 Å². The van der Waals surface area contributed by atoms with E-state index in [4.69, 9.17) is 9.47 Å². The molecule has 0 radical (unpaired) electrons. The second-order valence-corrected chi connectivity index (χ2v) is 12.0. The van der Waals surface area contributed by atoms with Crippen LogP contribution in [0.2, 0.25) is 0 Å². The summed E-state index contributed by atoms with van der Waals surface area (Å²) in [4.78, 5) is 27.8. The van der Waals surface area contributed by atoms with Crippen LogP contribution in [0.5, 0.6) is 0 Å². The highest BCUT2D eigenvalue weighted by Gasteiger charge is 2.36. The number of thioether (sulfide) groups is 1. The lowest BCUT2D eigenvalue weighted by atomic mass is 9.82. The summed E-state index contributed by atoms with van der Waals surface area (Å²) in [6.45, 7) is 4.94. The van der Waals surface area contributed by atoms with Crippen molar-refractivity contribution in [2.75, 3.05) is 38.9 Å². The van der Waals surface area contributed by atoms with E-state index in [1.807, 2.05) is 56.7 Å². The van der Waals surface area contributed by atoms with E-state index in [1.165, 1.54) is 32.1 Å². The highest BCUT2D eigenvalue weighted by molar-refractivity contribution is 7.98. The fourth-order valence-electron chi connectivity index (χ4n) is 6.23. The van der Waals surface area contributed by atoms with Crippen molar-refractivity contribution < 1.29 is 24.2 Å². The molecule has 40 heavy (non-hydrogen) atoms. The van der Waals surface area contributed by atoms with E-state index in [2.05, 4.69) is 16.3 Å². The Bertz CT molecular complexity index is 1140. The van der Waals surface area contributed by atoms with Gasteiger partial charge in [-0.15, -0.1) is 0 Å². The van der Waals surface area contributed by atoms with Crippen LogP contribution in [0.4, 0.5) is 0 Å². The average molecular weight is 569 g/mol. The molecule has 1 aliphatic carbocycles. The van der Waals surface area contributed by atoms with E-state index in [0.717, 1.165) is 35.3 Å². The van der Waals surface area contributed by atoms with Gasteiger partial charge in [0.25, 0.3) is 5.91 Å². The van der Waals surface area contributed by atoms with Gasteiger partial charge in [0.15, 0.2) is 0 Å². The molecular weight excluding hydrogens is 524 g/mol. The number of amides is 1. The first-order chi connectivity index (χ1) is 19.4. The molecule has 8 heteroatoms. The number of nitrogens with zero attached hydrogens (tertiary/aromatic N) is 1. The van der Waals surface area contributed by atoms with E-state index in [1.54, 1.807) is 11.8 Å². The molecule has 218 valence electrons. The van der Waals surface area contributed by atoms with Gasteiger partial charge in [0, 0.05) is 25.8 Å². The predicted octanol–water partition coefficient (Wildman–Crippen LogP) is 5.39. The van der Waals surface area contributed by atoms with Gasteiger partial charge in [-0.2, -0.15) is 11.8 Å². The summed E-state index contributed by atoms with van der Waals surface area (Å²) in [6, 6.07) is 13.2. The van der Waals surface area contributed by atoms with Gasteiger partial charge in [-0.1, -0.05) is 49.6 Å². The smallest absolute Gasteiger partial charge is 0.326 e. The SMILES string of the molecule is COC(C1CCCCC1)[C@@H]1COCCN1Cc1ccc(C(=O)N[C@@H](CCSC)C(=O)O)c(-c2ccccc2C)c1. The molecule has 7 nitrogen and oxygen atoms in total. The molecule has 2 aromatic rings. The number of rotatable bonds is 12. The number of carboxylic acid groups (broad SMARTS) is 1. The number of methoxy groups -OCH3 is 1. The third-order valence-electron chi connectivity index (χ3n) is 8.41. The first-order valence-corrected chi connectivity index (χ1v) is 15.9. The molecule has 0 bridgehead atoms. The van der Waals surface area contributed by atoms with Crippen LogP contribution < -0.4 is 5.32 Å². The van der Waals surface area contributed by atoms with Gasteiger partial charge in [0.2, 0.25) is 0 Å². The number of ether oxygens (including phenoxy) is 2. The Balaban J connectivity index is 1.62. The highest BCUT2D eigenvalue weighted by Crippen LogP contribution is 2.33. The Morgan fingerprint density at radius 1 is 1.15 bits per heavy atom. The van der Waals surface area contributed by atoms with Gasteiger partial charge in [0.05, 0.1) is 25.4 Å². The van der Waals surface area contributed by atoms with Gasteiger partial charge >= 0.3 is 5.97 Å². The molecular formula is C32H44N2O5S. The highest BCUT2D eigenvalue weighted by atomic mass is 32.2. The summed E-state index contributed by atoms with van der Waals surface area (Å²) in [5.74, 6) is -0.167. The second-order valence-electron chi connectivity index (χ2n) is 11.1. The number of benzene rings is 2. The lowest BCUT2D eigenvalue weighted by Gasteiger charge is -2.43. The number of hydrogen-bond acceptors (Lipinski definition) is 6. The average Bonchev–Trinajstić information content (AvgIpc) is 2.97. The Labute approximate surface area is 243 Å². The van der Waals surface area contributed by atoms with Gasteiger partial charge in [-0.3, -0.25) is 9.69 Å². The minimum atomic E-state index is -1.01. The van der Waals surface area contributed by atoms with E-state index in [0.29, 0.717) is 36.9 Å². The molecule has 2 fully saturated rings. The van der Waals surface area contributed by atoms with Crippen LogP contribution in [0, 0.1) is 12.8 Å². The van der Waals surface area contributed by atoms with E-state index in [9.17, 15) is 14.7 Å². The number of morpholine rings is 1. The van der Waals surface area contributed by atoms with Crippen LogP contribution in [0.1, 0.15) is 60.0 Å². The molecule has 1 saturated heterocycles. The molecule has 1 aliphatic heterocycles. The lowest BCUT2D eigenvalue weighted by Crippen LogP contribution is -2.54. The van der Waals surface area contributed by atoms with Crippen molar-refractivity contribution in [1.82, 2.24) is 10.2 Å². The predicted molar refractivity (Wildman–Crippen MR) is 161 cm³/mol. The zero-order valence-electron chi connectivity index (χ0n) is 24.1. The maximum absolute atomic E-state index is 13.5. The standard InChI is InChI=1S/C32H44N2O5S/c1-22-9-7-8-12-25(22)27-19-23(13-14-26(27)31(35)33-28(32(36)37)15-18-40-3)20-34-16-17-39-21-29(34)30(38-2)24-10-5-4-6-11-24/h7-9,12-14,19,24,28-30H,4-6,10-11,15-18,20-21H2,1-3H3,(H,33,35)(H,36,37)/t28-,29-,30?/m0/s1. The summed E-state index contributed by atoms with van der Waals surface area (Å²) in [5, 5.41) is 12.5. The number of carboxylic acids is 1. The monoisotopic (exact) mass is 568 g/mol. The second kappa shape index (κ2) is 15.0. The first-order valence-electron chi connectivity index (χ1n) is 14.5. The lowest BCUT2D eigenvalue weighted by molar-refractivity contribution is -0.139. The van der Waals surface area contributed by atoms with Crippen LogP contribution in [-0.2, 0) is 20.8 Å². The Kier molecular flexibility index (Phi) is 11.5. The number of carbonyl (C=O) groups excluding carboxylic acids is 1. The van der Waals surface area contributed by atoms with Crippen LogP contribution in [0.25, 0.3) is 11.1 Å². The summed E-state index contributed by atoms with van der Waals surface area (Å²) in [5.41, 5.74) is 4.46. The van der Waals surface area contributed by atoms with E-state index >= 15 is 0 Å². The maximum atomic E-state index is 13.5.